The monoisotopic (exact) mass is 286 g/mol. The molecule has 0 saturated carbocycles. The minimum Gasteiger partial charge on any atom is -0.308 e. The lowest BCUT2D eigenvalue weighted by Gasteiger charge is -2.46. The van der Waals surface area contributed by atoms with Crippen molar-refractivity contribution < 1.29 is 0 Å². The SMILES string of the molecule is CCC1(CC)CN(CCCCCCSC)C(C)CN1. The molecule has 1 fully saturated rings. The fraction of sp³-hybridized carbons (Fsp3) is 1.00. The van der Waals surface area contributed by atoms with Gasteiger partial charge in [-0.1, -0.05) is 26.7 Å². The Kier molecular flexibility index (Phi) is 8.43. The number of hydrogen-bond donors (Lipinski definition) is 1. The second-order valence-electron chi connectivity index (χ2n) is 6.09. The number of thioether (sulfide) groups is 1. The summed E-state index contributed by atoms with van der Waals surface area (Å²) in [4.78, 5) is 2.72. The Hall–Kier alpha value is 0.270. The summed E-state index contributed by atoms with van der Waals surface area (Å²) in [6.07, 6.45) is 10.3. The highest BCUT2D eigenvalue weighted by Gasteiger charge is 2.34. The van der Waals surface area contributed by atoms with Crippen LogP contribution in [0.25, 0.3) is 0 Å². The molecule has 0 spiro atoms. The molecule has 1 atom stereocenters. The van der Waals surface area contributed by atoms with Crippen molar-refractivity contribution >= 4 is 11.8 Å². The Bertz CT molecular complexity index is 229. The van der Waals surface area contributed by atoms with Gasteiger partial charge in [-0.2, -0.15) is 11.8 Å². The molecule has 19 heavy (non-hydrogen) atoms. The van der Waals surface area contributed by atoms with Gasteiger partial charge in [0.1, 0.15) is 0 Å². The van der Waals surface area contributed by atoms with Crippen molar-refractivity contribution in [1.29, 1.82) is 0 Å². The van der Waals surface area contributed by atoms with Crippen LogP contribution in [0.4, 0.5) is 0 Å². The van der Waals surface area contributed by atoms with Gasteiger partial charge in [-0.3, -0.25) is 4.90 Å². The van der Waals surface area contributed by atoms with Gasteiger partial charge >= 0.3 is 0 Å². The van der Waals surface area contributed by atoms with E-state index in [0.29, 0.717) is 11.6 Å². The molecule has 1 aliphatic rings. The quantitative estimate of drug-likeness (QED) is 0.650. The molecule has 1 aliphatic heterocycles. The third-order valence-corrected chi connectivity index (χ3v) is 5.50. The van der Waals surface area contributed by atoms with E-state index in [1.165, 1.54) is 57.4 Å². The van der Waals surface area contributed by atoms with E-state index in [1.807, 2.05) is 11.8 Å². The standard InChI is InChI=1S/C16H34N2S/c1-5-16(6-2)14-18(15(3)13-17-16)11-9-7-8-10-12-19-4/h15,17H,5-14H2,1-4H3. The summed E-state index contributed by atoms with van der Waals surface area (Å²) in [5, 5.41) is 3.79. The molecule has 0 radical (unpaired) electrons. The van der Waals surface area contributed by atoms with E-state index in [1.54, 1.807) is 0 Å². The highest BCUT2D eigenvalue weighted by molar-refractivity contribution is 7.98. The van der Waals surface area contributed by atoms with Gasteiger partial charge in [0.25, 0.3) is 0 Å². The maximum absolute atomic E-state index is 3.79. The molecule has 1 saturated heterocycles. The lowest BCUT2D eigenvalue weighted by molar-refractivity contribution is 0.0793. The Morgan fingerprint density at radius 3 is 2.47 bits per heavy atom. The molecule has 1 N–H and O–H groups in total. The normalized spacial score (nSPS) is 23.7. The maximum atomic E-state index is 3.79. The Balaban J connectivity index is 2.26. The van der Waals surface area contributed by atoms with Crippen molar-refractivity contribution in [3.63, 3.8) is 0 Å². The zero-order valence-electron chi connectivity index (χ0n) is 13.5. The first kappa shape index (κ1) is 17.3. The molecule has 0 amide bonds. The van der Waals surface area contributed by atoms with Crippen molar-refractivity contribution in [1.82, 2.24) is 10.2 Å². The first-order valence-corrected chi connectivity index (χ1v) is 9.55. The zero-order valence-corrected chi connectivity index (χ0v) is 14.3. The predicted molar refractivity (Wildman–Crippen MR) is 89.2 cm³/mol. The average molecular weight is 287 g/mol. The molecule has 1 rings (SSSR count). The Morgan fingerprint density at radius 2 is 1.84 bits per heavy atom. The lowest BCUT2D eigenvalue weighted by atomic mass is 9.88. The Morgan fingerprint density at radius 1 is 1.16 bits per heavy atom. The number of unbranched alkanes of at least 4 members (excludes halogenated alkanes) is 3. The lowest BCUT2D eigenvalue weighted by Crippen LogP contribution is -2.63. The highest BCUT2D eigenvalue weighted by Crippen LogP contribution is 2.23. The summed E-state index contributed by atoms with van der Waals surface area (Å²) >= 11 is 1.98. The molecule has 3 heteroatoms. The third kappa shape index (κ3) is 5.65. The smallest absolute Gasteiger partial charge is 0.0304 e. The van der Waals surface area contributed by atoms with Crippen molar-refractivity contribution in [2.24, 2.45) is 0 Å². The van der Waals surface area contributed by atoms with Gasteiger partial charge < -0.3 is 5.32 Å². The average Bonchev–Trinajstić information content (AvgIpc) is 2.45. The fourth-order valence-electron chi connectivity index (χ4n) is 3.03. The molecule has 1 unspecified atom stereocenters. The van der Waals surface area contributed by atoms with Crippen LogP contribution in [0.3, 0.4) is 0 Å². The van der Waals surface area contributed by atoms with Crippen LogP contribution < -0.4 is 5.32 Å². The van der Waals surface area contributed by atoms with Crippen LogP contribution in [0.1, 0.15) is 59.3 Å². The zero-order chi connectivity index (χ0) is 14.1. The van der Waals surface area contributed by atoms with E-state index >= 15 is 0 Å². The summed E-state index contributed by atoms with van der Waals surface area (Å²) < 4.78 is 0. The summed E-state index contributed by atoms with van der Waals surface area (Å²) in [6, 6.07) is 0.706. The molecule has 0 bridgehead atoms. The van der Waals surface area contributed by atoms with Crippen molar-refractivity contribution in [3.8, 4) is 0 Å². The number of hydrogen-bond acceptors (Lipinski definition) is 3. The van der Waals surface area contributed by atoms with Crippen LogP contribution >= 0.6 is 11.8 Å². The van der Waals surface area contributed by atoms with Gasteiger partial charge in [-0.05, 0) is 51.2 Å². The van der Waals surface area contributed by atoms with Crippen LogP contribution in [0.2, 0.25) is 0 Å². The summed E-state index contributed by atoms with van der Waals surface area (Å²) in [5.41, 5.74) is 0.380. The third-order valence-electron chi connectivity index (χ3n) is 4.80. The molecule has 1 heterocycles. The van der Waals surface area contributed by atoms with E-state index in [4.69, 9.17) is 0 Å². The van der Waals surface area contributed by atoms with E-state index in [2.05, 4.69) is 37.2 Å². The largest absolute Gasteiger partial charge is 0.308 e. The summed E-state index contributed by atoms with van der Waals surface area (Å²) in [7, 11) is 0. The van der Waals surface area contributed by atoms with Crippen LogP contribution in [-0.4, -0.2) is 48.1 Å². The fourth-order valence-corrected chi connectivity index (χ4v) is 3.52. The molecule has 114 valence electrons. The molecular weight excluding hydrogens is 252 g/mol. The van der Waals surface area contributed by atoms with Crippen LogP contribution in [-0.2, 0) is 0 Å². The van der Waals surface area contributed by atoms with E-state index < -0.39 is 0 Å². The summed E-state index contributed by atoms with van der Waals surface area (Å²) in [6.45, 7) is 10.7. The minimum atomic E-state index is 0.380. The summed E-state index contributed by atoms with van der Waals surface area (Å²) in [5.74, 6) is 1.33. The second kappa shape index (κ2) is 9.25. The van der Waals surface area contributed by atoms with Crippen LogP contribution in [0.15, 0.2) is 0 Å². The van der Waals surface area contributed by atoms with Crippen molar-refractivity contribution in [3.05, 3.63) is 0 Å². The van der Waals surface area contributed by atoms with Gasteiger partial charge in [0, 0.05) is 24.7 Å². The molecular formula is C16H34N2S. The number of nitrogens with one attached hydrogen (secondary N) is 1. The van der Waals surface area contributed by atoms with Crippen molar-refractivity contribution in [2.45, 2.75) is 70.9 Å². The number of rotatable bonds is 9. The molecule has 0 aliphatic carbocycles. The van der Waals surface area contributed by atoms with E-state index in [0.717, 1.165) is 6.54 Å². The molecule has 0 aromatic rings. The molecule has 0 aromatic heterocycles. The number of piperazine rings is 1. The Labute approximate surface area is 125 Å². The molecule has 0 aromatic carbocycles. The van der Waals surface area contributed by atoms with Crippen molar-refractivity contribution in [2.75, 3.05) is 31.6 Å². The maximum Gasteiger partial charge on any atom is 0.0304 e. The highest BCUT2D eigenvalue weighted by atomic mass is 32.2. The predicted octanol–water partition coefficient (Wildman–Crippen LogP) is 3.76. The van der Waals surface area contributed by atoms with Crippen LogP contribution in [0, 0.1) is 0 Å². The van der Waals surface area contributed by atoms with E-state index in [9.17, 15) is 0 Å². The first-order valence-electron chi connectivity index (χ1n) is 8.15. The second-order valence-corrected chi connectivity index (χ2v) is 7.08. The minimum absolute atomic E-state index is 0.380. The van der Waals surface area contributed by atoms with Crippen LogP contribution in [0.5, 0.6) is 0 Å². The first-order chi connectivity index (χ1) is 9.17. The van der Waals surface area contributed by atoms with Gasteiger partial charge in [-0.25, -0.2) is 0 Å². The van der Waals surface area contributed by atoms with Gasteiger partial charge in [-0.15, -0.1) is 0 Å². The van der Waals surface area contributed by atoms with Gasteiger partial charge in [0.05, 0.1) is 0 Å². The van der Waals surface area contributed by atoms with Gasteiger partial charge in [0.2, 0.25) is 0 Å². The van der Waals surface area contributed by atoms with Gasteiger partial charge in [0.15, 0.2) is 0 Å². The number of nitrogens with zero attached hydrogens (tertiary/aromatic N) is 1. The van der Waals surface area contributed by atoms with E-state index in [-0.39, 0.29) is 0 Å². The topological polar surface area (TPSA) is 15.3 Å². The molecule has 2 nitrogen and oxygen atoms in total.